The second kappa shape index (κ2) is 11.3. The van der Waals surface area contributed by atoms with Crippen molar-refractivity contribution in [1.29, 1.82) is 0 Å². The van der Waals surface area contributed by atoms with Crippen molar-refractivity contribution < 1.29 is 19.4 Å². The average Bonchev–Trinajstić information content (AvgIpc) is 3.21. The smallest absolute Gasteiger partial charge is 0.145 e. The molecule has 0 unspecified atom stereocenters. The highest BCUT2D eigenvalue weighted by atomic mass is 35.5. The first-order chi connectivity index (χ1) is 14.6. The van der Waals surface area contributed by atoms with Crippen LogP contribution >= 0.6 is 11.6 Å². The summed E-state index contributed by atoms with van der Waals surface area (Å²) in [5, 5.41) is 15.4. The number of ether oxygens (including phenoxy) is 2. The van der Waals surface area contributed by atoms with Crippen molar-refractivity contribution in [2.45, 2.75) is 32.1 Å². The highest BCUT2D eigenvalue weighted by Gasteiger charge is 2.26. The summed E-state index contributed by atoms with van der Waals surface area (Å²) in [4.78, 5) is 7.87. The monoisotopic (exact) mass is 432 g/mol. The lowest BCUT2D eigenvalue weighted by Crippen LogP contribution is -2.39. The molecular weight excluding hydrogens is 404 g/mol. The van der Waals surface area contributed by atoms with Gasteiger partial charge in [0.05, 0.1) is 25.5 Å². The summed E-state index contributed by atoms with van der Waals surface area (Å²) < 4.78 is 10.7. The van der Waals surface area contributed by atoms with Crippen LogP contribution in [0.4, 0.5) is 0 Å². The van der Waals surface area contributed by atoms with Crippen LogP contribution in [-0.4, -0.2) is 61.3 Å². The van der Waals surface area contributed by atoms with Gasteiger partial charge in [-0.2, -0.15) is 0 Å². The van der Waals surface area contributed by atoms with Crippen LogP contribution in [0.3, 0.4) is 0 Å². The van der Waals surface area contributed by atoms with E-state index in [1.165, 1.54) is 0 Å². The van der Waals surface area contributed by atoms with Crippen molar-refractivity contribution in [2.24, 2.45) is 5.16 Å². The fourth-order valence-electron chi connectivity index (χ4n) is 3.46. The Bertz CT molecular complexity index is 828. The number of halogens is 1. The van der Waals surface area contributed by atoms with E-state index in [9.17, 15) is 5.11 Å². The molecule has 0 bridgehead atoms. The molecule has 30 heavy (non-hydrogen) atoms. The average molecular weight is 433 g/mol. The number of aliphatic hydroxyl groups is 1. The van der Waals surface area contributed by atoms with Gasteiger partial charge in [-0.1, -0.05) is 41.0 Å². The van der Waals surface area contributed by atoms with Gasteiger partial charge in [-0.25, -0.2) is 0 Å². The van der Waals surface area contributed by atoms with E-state index in [2.05, 4.69) is 16.1 Å². The zero-order valence-electron chi connectivity index (χ0n) is 17.5. The maximum Gasteiger partial charge on any atom is 0.145 e. The number of rotatable bonds is 11. The summed E-state index contributed by atoms with van der Waals surface area (Å²) in [6.07, 6.45) is 0.0480. The molecule has 0 amide bonds. The Morgan fingerprint density at radius 2 is 2.07 bits per heavy atom. The van der Waals surface area contributed by atoms with Gasteiger partial charge < -0.3 is 19.4 Å². The highest BCUT2D eigenvalue weighted by Crippen LogP contribution is 2.21. The van der Waals surface area contributed by atoms with Gasteiger partial charge in [0.15, 0.2) is 0 Å². The molecule has 0 aliphatic carbocycles. The van der Waals surface area contributed by atoms with Crippen LogP contribution in [0, 0.1) is 0 Å². The van der Waals surface area contributed by atoms with Crippen LogP contribution in [-0.2, 0) is 16.1 Å². The van der Waals surface area contributed by atoms with Gasteiger partial charge >= 0.3 is 0 Å². The van der Waals surface area contributed by atoms with Crippen LogP contribution in [0.5, 0.6) is 5.75 Å². The van der Waals surface area contributed by atoms with E-state index >= 15 is 0 Å². The van der Waals surface area contributed by atoms with Crippen molar-refractivity contribution in [3.63, 3.8) is 0 Å². The van der Waals surface area contributed by atoms with E-state index in [-0.39, 0.29) is 6.10 Å². The molecule has 1 aliphatic rings. The van der Waals surface area contributed by atoms with Crippen LogP contribution in [0.25, 0.3) is 0 Å². The number of aliphatic hydroxyl groups excluding tert-OH is 1. The van der Waals surface area contributed by atoms with Crippen molar-refractivity contribution in [2.75, 3.05) is 33.4 Å². The fraction of sp³-hybridized carbons (Fsp3) is 0.435. The molecule has 0 saturated heterocycles. The van der Waals surface area contributed by atoms with Crippen LogP contribution in [0.15, 0.2) is 53.7 Å². The Morgan fingerprint density at radius 3 is 2.80 bits per heavy atom. The Balaban J connectivity index is 1.63. The van der Waals surface area contributed by atoms with Crippen molar-refractivity contribution in [3.05, 3.63) is 64.7 Å². The van der Waals surface area contributed by atoms with E-state index < -0.39 is 6.10 Å². The van der Waals surface area contributed by atoms with Gasteiger partial charge in [0.1, 0.15) is 11.9 Å². The van der Waals surface area contributed by atoms with Crippen molar-refractivity contribution >= 4 is 17.3 Å². The predicted molar refractivity (Wildman–Crippen MR) is 118 cm³/mol. The minimum atomic E-state index is -0.575. The molecule has 2 aromatic rings. The van der Waals surface area contributed by atoms with Crippen molar-refractivity contribution in [3.8, 4) is 5.75 Å². The van der Waals surface area contributed by atoms with Gasteiger partial charge in [-0.15, -0.1) is 0 Å². The van der Waals surface area contributed by atoms with E-state index in [1.54, 1.807) is 7.11 Å². The second-order valence-electron chi connectivity index (χ2n) is 7.34. The zero-order chi connectivity index (χ0) is 21.3. The standard InChI is InChI=1S/C23H29ClN2O4/c1-3-29-16-20(27)14-26(13-17-5-4-6-21(11-17)28-2)15-22-12-23(25-30-22)18-7-9-19(24)10-8-18/h4-11,20,22,27H,3,12-16H2,1-2H3/t20-,22+/m0/s1. The molecule has 2 atom stereocenters. The zero-order valence-corrected chi connectivity index (χ0v) is 18.2. The third-order valence-corrected chi connectivity index (χ3v) is 5.15. The minimum absolute atomic E-state index is 0.0828. The maximum atomic E-state index is 10.4. The fourth-order valence-corrected chi connectivity index (χ4v) is 3.59. The number of oxime groups is 1. The molecule has 1 heterocycles. The number of hydrogen-bond acceptors (Lipinski definition) is 6. The molecule has 0 aromatic heterocycles. The van der Waals surface area contributed by atoms with Gasteiger partial charge in [0.2, 0.25) is 0 Å². The highest BCUT2D eigenvalue weighted by molar-refractivity contribution is 6.30. The molecule has 1 N–H and O–H groups in total. The van der Waals surface area contributed by atoms with Crippen LogP contribution in [0.2, 0.25) is 5.02 Å². The molecule has 1 aliphatic heterocycles. The molecule has 0 fully saturated rings. The van der Waals surface area contributed by atoms with E-state index in [1.807, 2.05) is 49.4 Å². The van der Waals surface area contributed by atoms with Gasteiger partial charge in [-0.3, -0.25) is 4.90 Å². The first kappa shape index (κ1) is 22.6. The number of hydrogen-bond donors (Lipinski definition) is 1. The summed E-state index contributed by atoms with van der Waals surface area (Å²) in [5.41, 5.74) is 3.03. The summed E-state index contributed by atoms with van der Waals surface area (Å²) in [5.74, 6) is 0.813. The predicted octanol–water partition coefficient (Wildman–Crippen LogP) is 3.74. The first-order valence-corrected chi connectivity index (χ1v) is 10.5. The largest absolute Gasteiger partial charge is 0.497 e. The molecule has 162 valence electrons. The van der Waals surface area contributed by atoms with Gasteiger partial charge in [0.25, 0.3) is 0 Å². The quantitative estimate of drug-likeness (QED) is 0.586. The lowest BCUT2D eigenvalue weighted by atomic mass is 10.0. The summed E-state index contributed by atoms with van der Waals surface area (Å²) in [6, 6.07) is 15.6. The second-order valence-corrected chi connectivity index (χ2v) is 7.77. The Kier molecular flexibility index (Phi) is 8.51. The first-order valence-electron chi connectivity index (χ1n) is 10.2. The summed E-state index contributed by atoms with van der Waals surface area (Å²) in [7, 11) is 1.66. The van der Waals surface area contributed by atoms with Gasteiger partial charge in [0, 0.05) is 37.7 Å². The molecule has 3 rings (SSSR count). The number of nitrogens with zero attached hydrogens (tertiary/aromatic N) is 2. The third kappa shape index (κ3) is 6.71. The minimum Gasteiger partial charge on any atom is -0.497 e. The molecular formula is C23H29ClN2O4. The lowest BCUT2D eigenvalue weighted by molar-refractivity contribution is 0.000485. The Morgan fingerprint density at radius 1 is 1.27 bits per heavy atom. The Hall–Kier alpha value is -2.12. The Labute approximate surface area is 183 Å². The topological polar surface area (TPSA) is 63.5 Å². The van der Waals surface area contributed by atoms with Gasteiger partial charge in [-0.05, 0) is 42.3 Å². The maximum absolute atomic E-state index is 10.4. The number of methoxy groups -OCH3 is 1. The van der Waals surface area contributed by atoms with Crippen LogP contribution < -0.4 is 4.74 Å². The molecule has 6 nitrogen and oxygen atoms in total. The normalized spacial score (nSPS) is 17.0. The molecule has 7 heteroatoms. The van der Waals surface area contributed by atoms with E-state index in [4.69, 9.17) is 25.9 Å². The third-order valence-electron chi connectivity index (χ3n) is 4.90. The SMILES string of the molecule is CCOC[C@@H](O)CN(Cc1cccc(OC)c1)C[C@H]1CC(c2ccc(Cl)cc2)=NO1. The summed E-state index contributed by atoms with van der Waals surface area (Å²) >= 11 is 5.98. The molecule has 2 aromatic carbocycles. The van der Waals surface area contributed by atoms with E-state index in [0.717, 1.165) is 22.6 Å². The van der Waals surface area contributed by atoms with Crippen LogP contribution in [0.1, 0.15) is 24.5 Å². The summed E-state index contributed by atoms with van der Waals surface area (Å²) in [6.45, 7) is 4.59. The molecule has 0 spiro atoms. The van der Waals surface area contributed by atoms with Crippen molar-refractivity contribution in [1.82, 2.24) is 4.90 Å². The number of benzene rings is 2. The van der Waals surface area contributed by atoms with E-state index in [0.29, 0.717) is 44.3 Å². The molecule has 0 radical (unpaired) electrons. The lowest BCUT2D eigenvalue weighted by Gasteiger charge is -2.27. The molecule has 0 saturated carbocycles.